The van der Waals surface area contributed by atoms with Crippen molar-refractivity contribution in [3.8, 4) is 11.1 Å². The molecule has 0 aromatic carbocycles. The van der Waals surface area contributed by atoms with E-state index in [0.29, 0.717) is 22.1 Å². The number of carbonyl (C=O) groups is 2. The summed E-state index contributed by atoms with van der Waals surface area (Å²) in [6.07, 6.45) is 6.53. The Labute approximate surface area is 140 Å². The van der Waals surface area contributed by atoms with Gasteiger partial charge in [-0.2, -0.15) is 0 Å². The van der Waals surface area contributed by atoms with Crippen molar-refractivity contribution in [3.05, 3.63) is 47.5 Å². The van der Waals surface area contributed by atoms with Gasteiger partial charge in [-0.25, -0.2) is 4.98 Å². The summed E-state index contributed by atoms with van der Waals surface area (Å²) >= 11 is 0.843. The molecule has 0 unspecified atom stereocenters. The van der Waals surface area contributed by atoms with Crippen LogP contribution in [0.4, 0.5) is 10.6 Å². The molecule has 8 heteroatoms. The fourth-order valence-electron chi connectivity index (χ4n) is 2.37. The molecule has 4 rings (SSSR count). The van der Waals surface area contributed by atoms with E-state index in [9.17, 15) is 9.59 Å². The SMILES string of the molecule is Nc1ccc(-c2cncc3cc(/C=C4/SC(=O)NC4=O)oc23)cn1. The van der Waals surface area contributed by atoms with E-state index in [4.69, 9.17) is 10.2 Å². The van der Waals surface area contributed by atoms with Crippen LogP contribution in [0.3, 0.4) is 0 Å². The standard InChI is InChI=1S/C16H10N4O3S/c17-13-2-1-8(6-19-13)11-7-18-5-9-3-10(23-14(9)11)4-12-15(21)20-16(22)24-12/h1-7H,(H2,17,19)(H,20,21,22)/b12-4+. The van der Waals surface area contributed by atoms with Crippen molar-refractivity contribution in [1.29, 1.82) is 0 Å². The second kappa shape index (κ2) is 5.50. The van der Waals surface area contributed by atoms with Crippen LogP contribution in [0.1, 0.15) is 5.76 Å². The van der Waals surface area contributed by atoms with E-state index in [1.54, 1.807) is 30.7 Å². The zero-order valence-electron chi connectivity index (χ0n) is 12.1. The molecule has 1 aliphatic rings. The third kappa shape index (κ3) is 2.52. The molecule has 0 saturated carbocycles. The Bertz CT molecular complexity index is 1010. The number of hydrogen-bond acceptors (Lipinski definition) is 7. The van der Waals surface area contributed by atoms with Gasteiger partial charge in [-0.05, 0) is 30.0 Å². The average Bonchev–Trinajstić information content (AvgIpc) is 3.10. The zero-order valence-corrected chi connectivity index (χ0v) is 13.0. The highest BCUT2D eigenvalue weighted by atomic mass is 32.2. The van der Waals surface area contributed by atoms with Gasteiger partial charge < -0.3 is 10.2 Å². The monoisotopic (exact) mass is 338 g/mol. The van der Waals surface area contributed by atoms with Gasteiger partial charge in [0.1, 0.15) is 17.2 Å². The summed E-state index contributed by atoms with van der Waals surface area (Å²) in [5, 5.41) is 2.60. The first kappa shape index (κ1) is 14.5. The molecule has 3 N–H and O–H groups in total. The molecule has 24 heavy (non-hydrogen) atoms. The molecule has 0 atom stereocenters. The number of nitrogens with one attached hydrogen (secondary N) is 1. The van der Waals surface area contributed by atoms with Crippen LogP contribution < -0.4 is 11.1 Å². The molecular formula is C16H10N4O3S. The number of carbonyl (C=O) groups excluding carboxylic acids is 2. The lowest BCUT2D eigenvalue weighted by molar-refractivity contribution is -0.115. The summed E-state index contributed by atoms with van der Waals surface area (Å²) in [4.78, 5) is 31.4. The Balaban J connectivity index is 1.80. The Kier molecular flexibility index (Phi) is 3.31. The van der Waals surface area contributed by atoms with E-state index in [0.717, 1.165) is 28.3 Å². The summed E-state index contributed by atoms with van der Waals surface area (Å²) in [5.74, 6) is 0.472. The van der Waals surface area contributed by atoms with Crippen LogP contribution in [-0.2, 0) is 4.79 Å². The summed E-state index contributed by atoms with van der Waals surface area (Å²) in [5.41, 5.74) is 7.82. The van der Waals surface area contributed by atoms with Crippen LogP contribution >= 0.6 is 11.8 Å². The van der Waals surface area contributed by atoms with Crippen LogP contribution in [0.25, 0.3) is 28.2 Å². The number of furan rings is 1. The number of nitrogens with two attached hydrogens (primary N) is 1. The van der Waals surface area contributed by atoms with E-state index >= 15 is 0 Å². The van der Waals surface area contributed by atoms with Crippen molar-refractivity contribution < 1.29 is 14.0 Å². The topological polar surface area (TPSA) is 111 Å². The van der Waals surface area contributed by atoms with E-state index in [2.05, 4.69) is 15.3 Å². The van der Waals surface area contributed by atoms with Crippen LogP contribution in [0, 0.1) is 0 Å². The predicted octanol–water partition coefficient (Wildman–Crippen LogP) is 2.80. The summed E-state index contributed by atoms with van der Waals surface area (Å²) in [6.45, 7) is 0. The quantitative estimate of drug-likeness (QED) is 0.691. The third-order valence-corrected chi connectivity index (χ3v) is 4.27. The number of nitrogens with zero attached hydrogens (tertiary/aromatic N) is 2. The van der Waals surface area contributed by atoms with Crippen LogP contribution in [0.5, 0.6) is 0 Å². The second-order valence-corrected chi connectivity index (χ2v) is 6.09. The number of hydrogen-bond donors (Lipinski definition) is 2. The van der Waals surface area contributed by atoms with Crippen LogP contribution in [0.2, 0.25) is 0 Å². The molecule has 1 aliphatic heterocycles. The molecule has 3 aromatic rings. The molecule has 2 amide bonds. The minimum Gasteiger partial charge on any atom is -0.456 e. The molecule has 4 heterocycles. The van der Waals surface area contributed by atoms with Crippen molar-refractivity contribution >= 4 is 45.8 Å². The maximum absolute atomic E-state index is 11.6. The Morgan fingerprint density at radius 1 is 1.21 bits per heavy atom. The molecule has 0 aliphatic carbocycles. The predicted molar refractivity (Wildman–Crippen MR) is 90.8 cm³/mol. The number of amides is 2. The largest absolute Gasteiger partial charge is 0.456 e. The Morgan fingerprint density at radius 2 is 2.08 bits per heavy atom. The lowest BCUT2D eigenvalue weighted by atomic mass is 10.1. The van der Waals surface area contributed by atoms with Crippen LogP contribution in [0.15, 0.2) is 46.1 Å². The smallest absolute Gasteiger partial charge is 0.290 e. The van der Waals surface area contributed by atoms with Gasteiger partial charge in [0.15, 0.2) is 0 Å². The first-order chi connectivity index (χ1) is 11.6. The number of fused-ring (bicyclic) bond motifs is 1. The first-order valence-electron chi connectivity index (χ1n) is 6.94. The number of anilines is 1. The third-order valence-electron chi connectivity index (χ3n) is 3.45. The van der Waals surface area contributed by atoms with Crippen LogP contribution in [-0.4, -0.2) is 21.1 Å². The highest BCUT2D eigenvalue weighted by Gasteiger charge is 2.25. The molecule has 1 saturated heterocycles. The van der Waals surface area contributed by atoms with Crippen molar-refractivity contribution in [1.82, 2.24) is 15.3 Å². The second-order valence-electron chi connectivity index (χ2n) is 5.08. The van der Waals surface area contributed by atoms with Crippen molar-refractivity contribution in [2.24, 2.45) is 0 Å². The maximum Gasteiger partial charge on any atom is 0.290 e. The lowest BCUT2D eigenvalue weighted by Gasteiger charge is -2.01. The van der Waals surface area contributed by atoms with Gasteiger partial charge in [0.2, 0.25) is 0 Å². The number of rotatable bonds is 2. The zero-order chi connectivity index (χ0) is 16.7. The van der Waals surface area contributed by atoms with Crippen molar-refractivity contribution in [2.75, 3.05) is 5.73 Å². The van der Waals surface area contributed by atoms with E-state index in [1.807, 2.05) is 6.07 Å². The summed E-state index contributed by atoms with van der Waals surface area (Å²) < 4.78 is 5.85. The van der Waals surface area contributed by atoms with Gasteiger partial charge >= 0.3 is 0 Å². The number of imide groups is 1. The van der Waals surface area contributed by atoms with Gasteiger partial charge in [-0.3, -0.25) is 19.9 Å². The van der Waals surface area contributed by atoms with Gasteiger partial charge in [-0.15, -0.1) is 0 Å². The minimum atomic E-state index is -0.425. The fourth-order valence-corrected chi connectivity index (χ4v) is 3.04. The normalized spacial score (nSPS) is 16.1. The van der Waals surface area contributed by atoms with Gasteiger partial charge in [0.05, 0.1) is 4.91 Å². The molecule has 7 nitrogen and oxygen atoms in total. The van der Waals surface area contributed by atoms with E-state index in [-0.39, 0.29) is 0 Å². The molecule has 0 radical (unpaired) electrons. The summed E-state index contributed by atoms with van der Waals surface area (Å²) in [6, 6.07) is 5.30. The number of thioether (sulfide) groups is 1. The van der Waals surface area contributed by atoms with Crippen molar-refractivity contribution in [3.63, 3.8) is 0 Å². The highest BCUT2D eigenvalue weighted by Crippen LogP contribution is 2.32. The fraction of sp³-hybridized carbons (Fsp3) is 0. The lowest BCUT2D eigenvalue weighted by Crippen LogP contribution is -2.17. The maximum atomic E-state index is 11.6. The number of aromatic nitrogens is 2. The van der Waals surface area contributed by atoms with Gasteiger partial charge in [-0.1, -0.05) is 0 Å². The molecule has 118 valence electrons. The summed E-state index contributed by atoms with van der Waals surface area (Å²) in [7, 11) is 0. The number of pyridine rings is 2. The molecule has 0 spiro atoms. The molecule has 1 fully saturated rings. The average molecular weight is 338 g/mol. The first-order valence-corrected chi connectivity index (χ1v) is 7.76. The number of nitrogen functional groups attached to an aromatic ring is 1. The van der Waals surface area contributed by atoms with E-state index in [1.165, 1.54) is 6.08 Å². The van der Waals surface area contributed by atoms with E-state index < -0.39 is 11.1 Å². The molecular weight excluding hydrogens is 328 g/mol. The molecule has 0 bridgehead atoms. The Morgan fingerprint density at radius 3 is 2.79 bits per heavy atom. The highest BCUT2D eigenvalue weighted by molar-refractivity contribution is 8.18. The van der Waals surface area contributed by atoms with Gasteiger partial charge in [0, 0.05) is 41.2 Å². The van der Waals surface area contributed by atoms with Crippen molar-refractivity contribution in [2.45, 2.75) is 0 Å². The minimum absolute atomic E-state index is 0.294. The molecule has 3 aromatic heterocycles. The Hall–Kier alpha value is -3.13. The van der Waals surface area contributed by atoms with Gasteiger partial charge in [0.25, 0.3) is 11.1 Å².